The third kappa shape index (κ3) is 2.30. The molecule has 0 atom stereocenters. The number of nitrogens with two attached hydrogens (primary N) is 2. The van der Waals surface area contributed by atoms with Crippen molar-refractivity contribution in [3.05, 3.63) is 29.3 Å². The maximum atomic E-state index is 10.6. The number of hydrogen-bond acceptors (Lipinski definition) is 4. The molecular formula is C10H10N2O4. The summed E-state index contributed by atoms with van der Waals surface area (Å²) in [4.78, 5) is 21.2. The lowest BCUT2D eigenvalue weighted by atomic mass is 10.1. The molecule has 1 aromatic rings. The second-order valence-corrected chi connectivity index (χ2v) is 3.02. The van der Waals surface area contributed by atoms with E-state index in [9.17, 15) is 9.59 Å². The average Bonchev–Trinajstić information content (AvgIpc) is 2.19. The van der Waals surface area contributed by atoms with E-state index in [1.54, 1.807) is 6.07 Å². The Balaban J connectivity index is 3.29. The van der Waals surface area contributed by atoms with Crippen LogP contribution in [0.3, 0.4) is 0 Å². The molecule has 6 nitrogen and oxygen atoms in total. The van der Waals surface area contributed by atoms with E-state index in [0.29, 0.717) is 0 Å². The molecule has 0 aliphatic heterocycles. The lowest BCUT2D eigenvalue weighted by Gasteiger charge is -2.04. The molecule has 0 saturated carbocycles. The molecule has 1 aromatic carbocycles. The topological polar surface area (TPSA) is 127 Å². The second kappa shape index (κ2) is 4.35. The van der Waals surface area contributed by atoms with Gasteiger partial charge in [-0.15, -0.1) is 0 Å². The van der Waals surface area contributed by atoms with Crippen LogP contribution in [0.5, 0.6) is 0 Å². The predicted octanol–water partition coefficient (Wildman–Crippen LogP) is 0.404. The second-order valence-electron chi connectivity index (χ2n) is 3.02. The fourth-order valence-corrected chi connectivity index (χ4v) is 1.10. The summed E-state index contributed by atoms with van der Waals surface area (Å²) in [6.07, 6.45) is 0.969. The molecule has 0 aromatic heterocycles. The monoisotopic (exact) mass is 222 g/mol. The van der Waals surface area contributed by atoms with Crippen molar-refractivity contribution in [2.45, 2.75) is 0 Å². The van der Waals surface area contributed by atoms with Crippen LogP contribution in [-0.4, -0.2) is 22.2 Å². The molecule has 1 rings (SSSR count). The Morgan fingerprint density at radius 1 is 1.12 bits per heavy atom. The Labute approximate surface area is 90.8 Å². The van der Waals surface area contributed by atoms with E-state index < -0.39 is 17.5 Å². The first kappa shape index (κ1) is 11.6. The van der Waals surface area contributed by atoms with Gasteiger partial charge in [0.1, 0.15) is 5.57 Å². The molecular weight excluding hydrogens is 212 g/mol. The standard InChI is InChI=1S/C10H10N2O4/c11-7-3-1-2-5(8(7)12)4-6(9(13)14)10(15)16/h1-4H,11-12H2,(H,13,14)(H,15,16). The molecule has 16 heavy (non-hydrogen) atoms. The molecule has 84 valence electrons. The zero-order valence-corrected chi connectivity index (χ0v) is 8.18. The highest BCUT2D eigenvalue weighted by molar-refractivity contribution is 6.16. The summed E-state index contributed by atoms with van der Waals surface area (Å²) in [5.74, 6) is -3.07. The summed E-state index contributed by atoms with van der Waals surface area (Å²) in [6, 6.07) is 4.57. The molecule has 0 aliphatic rings. The van der Waals surface area contributed by atoms with Crippen molar-refractivity contribution in [2.75, 3.05) is 11.5 Å². The molecule has 0 fully saturated rings. The maximum absolute atomic E-state index is 10.6. The van der Waals surface area contributed by atoms with E-state index in [4.69, 9.17) is 21.7 Å². The van der Waals surface area contributed by atoms with Crippen LogP contribution in [0.2, 0.25) is 0 Å². The highest BCUT2D eigenvalue weighted by atomic mass is 16.4. The highest BCUT2D eigenvalue weighted by Crippen LogP contribution is 2.21. The minimum atomic E-state index is -1.53. The Hall–Kier alpha value is -2.50. The van der Waals surface area contributed by atoms with Crippen molar-refractivity contribution in [3.63, 3.8) is 0 Å². The molecule has 0 bridgehead atoms. The van der Waals surface area contributed by atoms with E-state index in [1.807, 2.05) is 0 Å². The SMILES string of the molecule is Nc1cccc(C=C(C(=O)O)C(=O)O)c1N. The van der Waals surface area contributed by atoms with Gasteiger partial charge in [-0.1, -0.05) is 12.1 Å². The first-order valence-corrected chi connectivity index (χ1v) is 4.25. The number of para-hydroxylation sites is 1. The number of nitrogen functional groups attached to an aromatic ring is 2. The van der Waals surface area contributed by atoms with Gasteiger partial charge in [0.05, 0.1) is 11.4 Å². The van der Waals surface area contributed by atoms with Gasteiger partial charge in [-0.3, -0.25) is 0 Å². The van der Waals surface area contributed by atoms with E-state index in [1.165, 1.54) is 12.1 Å². The summed E-state index contributed by atoms with van der Waals surface area (Å²) in [7, 11) is 0. The number of carboxylic acids is 2. The number of carbonyl (C=O) groups is 2. The number of aliphatic carboxylic acids is 2. The van der Waals surface area contributed by atoms with Gasteiger partial charge >= 0.3 is 11.9 Å². The summed E-state index contributed by atoms with van der Waals surface area (Å²) < 4.78 is 0. The van der Waals surface area contributed by atoms with Gasteiger partial charge in [0.15, 0.2) is 0 Å². The van der Waals surface area contributed by atoms with Crippen LogP contribution >= 0.6 is 0 Å². The number of anilines is 2. The van der Waals surface area contributed by atoms with Gasteiger partial charge in [0.25, 0.3) is 0 Å². The molecule has 6 heteroatoms. The van der Waals surface area contributed by atoms with Gasteiger partial charge < -0.3 is 21.7 Å². The van der Waals surface area contributed by atoms with Gasteiger partial charge in [-0.05, 0) is 12.1 Å². The third-order valence-electron chi connectivity index (χ3n) is 1.93. The van der Waals surface area contributed by atoms with Crippen molar-refractivity contribution in [3.8, 4) is 0 Å². The molecule has 0 heterocycles. The maximum Gasteiger partial charge on any atom is 0.343 e. The van der Waals surface area contributed by atoms with E-state index in [-0.39, 0.29) is 16.9 Å². The van der Waals surface area contributed by atoms with Gasteiger partial charge in [0.2, 0.25) is 0 Å². The van der Waals surface area contributed by atoms with Crippen LogP contribution in [0, 0.1) is 0 Å². The zero-order chi connectivity index (χ0) is 12.3. The number of rotatable bonds is 3. The average molecular weight is 222 g/mol. The van der Waals surface area contributed by atoms with Gasteiger partial charge in [-0.2, -0.15) is 0 Å². The van der Waals surface area contributed by atoms with Gasteiger partial charge in [0, 0.05) is 5.56 Å². The first-order valence-electron chi connectivity index (χ1n) is 4.25. The number of hydrogen-bond donors (Lipinski definition) is 4. The minimum Gasteiger partial charge on any atom is -0.477 e. The Morgan fingerprint density at radius 2 is 1.69 bits per heavy atom. The number of benzene rings is 1. The van der Waals surface area contributed by atoms with Crippen LogP contribution in [0.1, 0.15) is 5.56 Å². The Morgan fingerprint density at radius 3 is 2.19 bits per heavy atom. The smallest absolute Gasteiger partial charge is 0.343 e. The molecule has 0 amide bonds. The molecule has 0 unspecified atom stereocenters. The summed E-state index contributed by atoms with van der Waals surface area (Å²) >= 11 is 0. The quantitative estimate of drug-likeness (QED) is 0.254. The first-order chi connectivity index (χ1) is 7.43. The van der Waals surface area contributed by atoms with Crippen LogP contribution in [0.4, 0.5) is 11.4 Å². The van der Waals surface area contributed by atoms with Crippen LogP contribution in [0.25, 0.3) is 6.08 Å². The molecule has 6 N–H and O–H groups in total. The minimum absolute atomic E-state index is 0.155. The molecule has 0 radical (unpaired) electrons. The largest absolute Gasteiger partial charge is 0.477 e. The van der Waals surface area contributed by atoms with Crippen LogP contribution < -0.4 is 11.5 Å². The van der Waals surface area contributed by atoms with Crippen molar-refractivity contribution in [1.29, 1.82) is 0 Å². The van der Waals surface area contributed by atoms with Crippen molar-refractivity contribution in [1.82, 2.24) is 0 Å². The van der Waals surface area contributed by atoms with Gasteiger partial charge in [-0.25, -0.2) is 9.59 Å². The highest BCUT2D eigenvalue weighted by Gasteiger charge is 2.16. The summed E-state index contributed by atoms with van der Waals surface area (Å²) in [5.41, 5.74) is 11.0. The molecule has 0 spiro atoms. The number of carboxylic acid groups (broad SMARTS) is 2. The molecule has 0 saturated heterocycles. The Kier molecular flexibility index (Phi) is 3.14. The zero-order valence-electron chi connectivity index (χ0n) is 8.18. The Bertz CT molecular complexity index is 464. The van der Waals surface area contributed by atoms with E-state index in [2.05, 4.69) is 0 Å². The van der Waals surface area contributed by atoms with Crippen molar-refractivity contribution < 1.29 is 19.8 Å². The van der Waals surface area contributed by atoms with Crippen molar-refractivity contribution in [2.24, 2.45) is 0 Å². The van der Waals surface area contributed by atoms with Crippen molar-refractivity contribution >= 4 is 29.4 Å². The van der Waals surface area contributed by atoms with E-state index >= 15 is 0 Å². The molecule has 0 aliphatic carbocycles. The predicted molar refractivity (Wildman–Crippen MR) is 58.5 cm³/mol. The normalized spacial score (nSPS) is 9.50. The third-order valence-corrected chi connectivity index (χ3v) is 1.93. The lowest BCUT2D eigenvalue weighted by Crippen LogP contribution is -2.11. The fraction of sp³-hybridized carbons (Fsp3) is 0. The lowest BCUT2D eigenvalue weighted by molar-refractivity contribution is -0.139. The van der Waals surface area contributed by atoms with E-state index in [0.717, 1.165) is 6.08 Å². The van der Waals surface area contributed by atoms with Crippen LogP contribution in [-0.2, 0) is 9.59 Å². The summed E-state index contributed by atoms with van der Waals surface area (Å²) in [5, 5.41) is 17.3. The fourth-order valence-electron chi connectivity index (χ4n) is 1.10. The van der Waals surface area contributed by atoms with Crippen LogP contribution in [0.15, 0.2) is 23.8 Å². The summed E-state index contributed by atoms with van der Waals surface area (Å²) in [6.45, 7) is 0.